The van der Waals surface area contributed by atoms with E-state index in [1.54, 1.807) is 0 Å². The quantitative estimate of drug-likeness (QED) is 0.313. The minimum Gasteiger partial charge on any atom is -0.480 e. The molecule has 112 valence electrons. The highest BCUT2D eigenvalue weighted by Gasteiger charge is 2.21. The Labute approximate surface area is 115 Å². The van der Waals surface area contributed by atoms with E-state index in [0.717, 1.165) is 19.3 Å². The van der Waals surface area contributed by atoms with Gasteiger partial charge in [0.2, 0.25) is 5.91 Å². The number of carbonyl (C=O) groups excluding carboxylic acids is 1. The normalized spacial score (nSPS) is 12.7. The predicted molar refractivity (Wildman–Crippen MR) is 74.3 cm³/mol. The average Bonchev–Trinajstić information content (AvgIpc) is 2.27. The second kappa shape index (κ2) is 9.75. The van der Waals surface area contributed by atoms with Crippen LogP contribution in [0.15, 0.2) is 0 Å². The summed E-state index contributed by atoms with van der Waals surface area (Å²) in [7, 11) is 0. The molecule has 6 heteroatoms. The zero-order valence-electron chi connectivity index (χ0n) is 12.2. The fourth-order valence-electron chi connectivity index (χ4n) is 1.76. The van der Waals surface area contributed by atoms with Crippen LogP contribution in [0.5, 0.6) is 0 Å². The Morgan fingerprint density at radius 2 is 1.95 bits per heavy atom. The Morgan fingerprint density at radius 1 is 1.32 bits per heavy atom. The van der Waals surface area contributed by atoms with E-state index in [1.807, 2.05) is 13.8 Å². The molecular formula is C13H27N3O3. The number of unbranched alkanes of at least 4 members (excludes halogenated alkanes) is 2. The molecular weight excluding hydrogens is 246 g/mol. The summed E-state index contributed by atoms with van der Waals surface area (Å²) >= 11 is 0. The van der Waals surface area contributed by atoms with Gasteiger partial charge in [0.15, 0.2) is 0 Å². The average molecular weight is 273 g/mol. The number of carboxylic acids is 1. The fourth-order valence-corrected chi connectivity index (χ4v) is 1.76. The number of nitrogens with two attached hydrogens (primary N) is 1. The van der Waals surface area contributed by atoms with Gasteiger partial charge in [-0.1, -0.05) is 33.6 Å². The van der Waals surface area contributed by atoms with E-state index in [4.69, 9.17) is 10.9 Å². The zero-order chi connectivity index (χ0) is 14.8. The van der Waals surface area contributed by atoms with Gasteiger partial charge < -0.3 is 10.4 Å². The van der Waals surface area contributed by atoms with Gasteiger partial charge >= 0.3 is 5.97 Å². The van der Waals surface area contributed by atoms with Crippen molar-refractivity contribution >= 4 is 11.9 Å². The molecule has 0 bridgehead atoms. The number of hydrogen-bond donors (Lipinski definition) is 3. The summed E-state index contributed by atoms with van der Waals surface area (Å²) in [4.78, 5) is 22.7. The molecule has 0 heterocycles. The molecule has 1 atom stereocenters. The van der Waals surface area contributed by atoms with E-state index in [1.165, 1.54) is 5.01 Å². The molecule has 4 N–H and O–H groups in total. The summed E-state index contributed by atoms with van der Waals surface area (Å²) in [5, 5.41) is 13.0. The number of hydrogen-bond acceptors (Lipinski definition) is 4. The number of hydrazine groups is 1. The molecule has 0 aromatic rings. The summed E-state index contributed by atoms with van der Waals surface area (Å²) in [5.41, 5.74) is 0. The SMILES string of the molecule is CCCCCN(N)CC(=O)NC(CC(C)C)C(=O)O. The summed E-state index contributed by atoms with van der Waals surface area (Å²) in [6, 6.07) is -0.837. The van der Waals surface area contributed by atoms with Gasteiger partial charge in [0.1, 0.15) is 6.04 Å². The highest BCUT2D eigenvalue weighted by Crippen LogP contribution is 2.05. The molecule has 0 radical (unpaired) electrons. The molecule has 19 heavy (non-hydrogen) atoms. The lowest BCUT2D eigenvalue weighted by molar-refractivity contribution is -0.142. The van der Waals surface area contributed by atoms with E-state index in [9.17, 15) is 9.59 Å². The van der Waals surface area contributed by atoms with Gasteiger partial charge in [-0.2, -0.15) is 0 Å². The minimum absolute atomic E-state index is 0.0333. The summed E-state index contributed by atoms with van der Waals surface area (Å²) in [5.74, 6) is 4.56. The third-order valence-electron chi connectivity index (χ3n) is 2.74. The number of amides is 1. The first kappa shape index (κ1) is 17.9. The molecule has 1 unspecified atom stereocenters. The van der Waals surface area contributed by atoms with Crippen LogP contribution < -0.4 is 11.2 Å². The lowest BCUT2D eigenvalue weighted by atomic mass is 10.0. The first-order chi connectivity index (χ1) is 8.86. The van der Waals surface area contributed by atoms with Crippen LogP contribution in [0.1, 0.15) is 46.5 Å². The maximum Gasteiger partial charge on any atom is 0.326 e. The third kappa shape index (κ3) is 9.44. The van der Waals surface area contributed by atoms with Crippen LogP contribution in [-0.4, -0.2) is 41.1 Å². The highest BCUT2D eigenvalue weighted by molar-refractivity contribution is 5.84. The topological polar surface area (TPSA) is 95.7 Å². The van der Waals surface area contributed by atoms with Crippen molar-refractivity contribution in [2.75, 3.05) is 13.1 Å². The van der Waals surface area contributed by atoms with E-state index >= 15 is 0 Å². The Kier molecular flexibility index (Phi) is 9.16. The van der Waals surface area contributed by atoms with Crippen LogP contribution in [0.25, 0.3) is 0 Å². The molecule has 0 aliphatic rings. The molecule has 0 fully saturated rings. The molecule has 0 saturated heterocycles. The molecule has 0 aliphatic heterocycles. The minimum atomic E-state index is -1.00. The van der Waals surface area contributed by atoms with Crippen molar-refractivity contribution in [3.8, 4) is 0 Å². The predicted octanol–water partition coefficient (Wildman–Crippen LogP) is 0.968. The van der Waals surface area contributed by atoms with Crippen molar-refractivity contribution in [2.45, 2.75) is 52.5 Å². The lowest BCUT2D eigenvalue weighted by Crippen LogP contribution is -2.48. The standard InChI is InChI=1S/C13H27N3O3/c1-4-5-6-7-16(14)9-12(17)15-11(13(18)19)8-10(2)3/h10-11H,4-9,14H2,1-3H3,(H,15,17)(H,18,19). The van der Waals surface area contributed by atoms with Crippen LogP contribution in [-0.2, 0) is 9.59 Å². The van der Waals surface area contributed by atoms with Crippen molar-refractivity contribution in [3.05, 3.63) is 0 Å². The number of nitrogens with one attached hydrogen (secondary N) is 1. The third-order valence-corrected chi connectivity index (χ3v) is 2.74. The summed E-state index contributed by atoms with van der Waals surface area (Å²) < 4.78 is 0. The van der Waals surface area contributed by atoms with Crippen molar-refractivity contribution in [1.82, 2.24) is 10.3 Å². The summed E-state index contributed by atoms with van der Waals surface area (Å²) in [6.07, 6.45) is 3.52. The van der Waals surface area contributed by atoms with Crippen LogP contribution >= 0.6 is 0 Å². The second-order valence-corrected chi connectivity index (χ2v) is 5.27. The molecule has 6 nitrogen and oxygen atoms in total. The highest BCUT2D eigenvalue weighted by atomic mass is 16.4. The van der Waals surface area contributed by atoms with Gasteiger partial charge in [-0.15, -0.1) is 0 Å². The molecule has 0 aromatic heterocycles. The Morgan fingerprint density at radius 3 is 2.42 bits per heavy atom. The molecule has 0 saturated carbocycles. The van der Waals surface area contributed by atoms with E-state index in [0.29, 0.717) is 13.0 Å². The maximum atomic E-state index is 11.7. The second-order valence-electron chi connectivity index (χ2n) is 5.27. The molecule has 1 amide bonds. The molecule has 0 aliphatic carbocycles. The lowest BCUT2D eigenvalue weighted by Gasteiger charge is -2.19. The van der Waals surface area contributed by atoms with Gasteiger partial charge in [-0.05, 0) is 18.8 Å². The Bertz CT molecular complexity index is 282. The van der Waals surface area contributed by atoms with Gasteiger partial charge in [0, 0.05) is 6.54 Å². The van der Waals surface area contributed by atoms with Crippen molar-refractivity contribution in [2.24, 2.45) is 11.8 Å². The first-order valence-electron chi connectivity index (χ1n) is 6.88. The monoisotopic (exact) mass is 273 g/mol. The zero-order valence-corrected chi connectivity index (χ0v) is 12.2. The van der Waals surface area contributed by atoms with Crippen LogP contribution in [0.2, 0.25) is 0 Å². The van der Waals surface area contributed by atoms with Gasteiger partial charge in [-0.3, -0.25) is 10.6 Å². The van der Waals surface area contributed by atoms with Crippen LogP contribution in [0.4, 0.5) is 0 Å². The number of carboxylic acid groups (broad SMARTS) is 1. The van der Waals surface area contributed by atoms with E-state index in [-0.39, 0.29) is 18.4 Å². The maximum absolute atomic E-state index is 11.7. The van der Waals surface area contributed by atoms with E-state index in [2.05, 4.69) is 12.2 Å². The molecule has 0 aromatic carbocycles. The molecule has 0 spiro atoms. The first-order valence-corrected chi connectivity index (χ1v) is 6.88. The Balaban J connectivity index is 4.08. The van der Waals surface area contributed by atoms with Gasteiger partial charge in [0.05, 0.1) is 6.54 Å². The number of nitrogens with zero attached hydrogens (tertiary/aromatic N) is 1. The van der Waals surface area contributed by atoms with Crippen LogP contribution in [0.3, 0.4) is 0 Å². The number of rotatable bonds is 10. The number of carbonyl (C=O) groups is 2. The van der Waals surface area contributed by atoms with E-state index < -0.39 is 12.0 Å². The van der Waals surface area contributed by atoms with Crippen molar-refractivity contribution in [1.29, 1.82) is 0 Å². The van der Waals surface area contributed by atoms with Gasteiger partial charge in [-0.25, -0.2) is 9.80 Å². The number of aliphatic carboxylic acids is 1. The molecule has 0 rings (SSSR count). The van der Waals surface area contributed by atoms with Crippen LogP contribution in [0, 0.1) is 5.92 Å². The smallest absolute Gasteiger partial charge is 0.326 e. The van der Waals surface area contributed by atoms with Crippen molar-refractivity contribution in [3.63, 3.8) is 0 Å². The fraction of sp³-hybridized carbons (Fsp3) is 0.846. The largest absolute Gasteiger partial charge is 0.480 e. The Hall–Kier alpha value is -1.14. The summed E-state index contributed by atoms with van der Waals surface area (Å²) in [6.45, 7) is 6.61. The van der Waals surface area contributed by atoms with Crippen molar-refractivity contribution < 1.29 is 14.7 Å². The van der Waals surface area contributed by atoms with Gasteiger partial charge in [0.25, 0.3) is 0 Å².